The van der Waals surface area contributed by atoms with Crippen molar-refractivity contribution in [3.63, 3.8) is 0 Å². The highest BCUT2D eigenvalue weighted by molar-refractivity contribution is 7.92. The number of carbonyl (C=O) groups is 2. The molecule has 0 unspecified atom stereocenters. The van der Waals surface area contributed by atoms with Crippen LogP contribution in [0.1, 0.15) is 18.1 Å². The lowest BCUT2D eigenvalue weighted by Gasteiger charge is -2.22. The Morgan fingerprint density at radius 2 is 1.59 bits per heavy atom. The lowest BCUT2D eigenvalue weighted by Crippen LogP contribution is -2.37. The van der Waals surface area contributed by atoms with E-state index in [1.807, 2.05) is 19.9 Å². The number of nitrogens with one attached hydrogen (secondary N) is 2. The number of amides is 2. The number of hydrogen-bond donors (Lipinski definition) is 2. The lowest BCUT2D eigenvalue weighted by molar-refractivity contribution is -0.115. The first kappa shape index (κ1) is 20.4. The Kier molecular flexibility index (Phi) is 6.22. The Hall–Kier alpha value is -2.87. The summed E-state index contributed by atoms with van der Waals surface area (Å²) in [7, 11) is -3.64. The molecule has 2 rings (SSSR count). The highest BCUT2D eigenvalue weighted by Gasteiger charge is 2.21. The van der Waals surface area contributed by atoms with Gasteiger partial charge in [-0.3, -0.25) is 13.9 Å². The summed E-state index contributed by atoms with van der Waals surface area (Å²) in [6.07, 6.45) is 1.06. The van der Waals surface area contributed by atoms with E-state index in [1.54, 1.807) is 36.4 Å². The van der Waals surface area contributed by atoms with Crippen molar-refractivity contribution in [2.75, 3.05) is 27.7 Å². The minimum atomic E-state index is -3.64. The first-order valence-corrected chi connectivity index (χ1v) is 10.1. The first-order valence-electron chi connectivity index (χ1n) is 8.29. The minimum Gasteiger partial charge on any atom is -0.326 e. The number of aryl methyl sites for hydroxylation is 2. The maximum absolute atomic E-state index is 12.4. The normalized spacial score (nSPS) is 11.0. The highest BCUT2D eigenvalue weighted by atomic mass is 32.2. The fraction of sp³-hybridized carbons (Fsp3) is 0.263. The molecule has 8 heteroatoms. The molecule has 0 spiro atoms. The second-order valence-electron chi connectivity index (χ2n) is 6.35. The molecular weight excluding hydrogens is 366 g/mol. The molecular formula is C19H23N3O4S. The Bertz CT molecular complexity index is 971. The molecule has 0 atom stereocenters. The smallest absolute Gasteiger partial charge is 0.245 e. The molecule has 2 aromatic carbocycles. The van der Waals surface area contributed by atoms with Crippen molar-refractivity contribution < 1.29 is 18.0 Å². The SMILES string of the molecule is CC(=O)Nc1cccc(NC(=O)CN(c2ccc(C)c(C)c2)S(C)(=O)=O)c1. The Balaban J connectivity index is 2.19. The quantitative estimate of drug-likeness (QED) is 0.794. The predicted octanol–water partition coefficient (Wildman–Crippen LogP) is 2.67. The van der Waals surface area contributed by atoms with Crippen LogP contribution >= 0.6 is 0 Å². The molecule has 0 saturated carbocycles. The van der Waals surface area contributed by atoms with E-state index < -0.39 is 15.9 Å². The van der Waals surface area contributed by atoms with Crippen LogP contribution < -0.4 is 14.9 Å². The van der Waals surface area contributed by atoms with Gasteiger partial charge in [-0.05, 0) is 55.3 Å². The minimum absolute atomic E-state index is 0.225. The summed E-state index contributed by atoms with van der Waals surface area (Å²) in [6, 6.07) is 11.9. The zero-order valence-electron chi connectivity index (χ0n) is 15.7. The number of sulfonamides is 1. The molecule has 2 amide bonds. The summed E-state index contributed by atoms with van der Waals surface area (Å²) in [5.41, 5.74) is 3.40. The molecule has 0 radical (unpaired) electrons. The van der Waals surface area contributed by atoms with Gasteiger partial charge in [0.05, 0.1) is 11.9 Å². The Morgan fingerprint density at radius 1 is 0.963 bits per heavy atom. The van der Waals surface area contributed by atoms with Crippen molar-refractivity contribution in [3.05, 3.63) is 53.6 Å². The van der Waals surface area contributed by atoms with Gasteiger partial charge in [-0.2, -0.15) is 0 Å². The van der Waals surface area contributed by atoms with Gasteiger partial charge >= 0.3 is 0 Å². The second-order valence-corrected chi connectivity index (χ2v) is 8.26. The third-order valence-electron chi connectivity index (χ3n) is 3.93. The maximum Gasteiger partial charge on any atom is 0.245 e. The molecule has 2 N–H and O–H groups in total. The van der Waals surface area contributed by atoms with Crippen LogP contribution in [-0.4, -0.2) is 33.0 Å². The molecule has 0 saturated heterocycles. The molecule has 0 bridgehead atoms. The third-order valence-corrected chi connectivity index (χ3v) is 5.07. The van der Waals surface area contributed by atoms with Crippen LogP contribution in [0, 0.1) is 13.8 Å². The van der Waals surface area contributed by atoms with Gasteiger partial charge in [0, 0.05) is 18.3 Å². The van der Waals surface area contributed by atoms with Crippen molar-refractivity contribution in [1.29, 1.82) is 0 Å². The van der Waals surface area contributed by atoms with E-state index in [4.69, 9.17) is 0 Å². The van der Waals surface area contributed by atoms with Crippen molar-refractivity contribution >= 4 is 38.9 Å². The second kappa shape index (κ2) is 8.22. The van der Waals surface area contributed by atoms with Gasteiger partial charge in [0.15, 0.2) is 0 Å². The van der Waals surface area contributed by atoms with Crippen LogP contribution in [-0.2, 0) is 19.6 Å². The van der Waals surface area contributed by atoms with Crippen LogP contribution in [0.25, 0.3) is 0 Å². The van der Waals surface area contributed by atoms with E-state index in [9.17, 15) is 18.0 Å². The van der Waals surface area contributed by atoms with Gasteiger partial charge in [-0.15, -0.1) is 0 Å². The highest BCUT2D eigenvalue weighted by Crippen LogP contribution is 2.21. The van der Waals surface area contributed by atoms with Crippen LogP contribution in [0.3, 0.4) is 0 Å². The zero-order chi connectivity index (χ0) is 20.2. The molecule has 0 aromatic heterocycles. The molecule has 2 aromatic rings. The number of benzene rings is 2. The standard InChI is InChI=1S/C19H23N3O4S/c1-13-8-9-18(10-14(13)2)22(27(4,25)26)12-19(24)21-17-7-5-6-16(11-17)20-15(3)23/h5-11H,12H2,1-4H3,(H,20,23)(H,21,24). The summed E-state index contributed by atoms with van der Waals surface area (Å²) in [5.74, 6) is -0.713. The lowest BCUT2D eigenvalue weighted by atomic mass is 10.1. The molecule has 0 aliphatic rings. The van der Waals surface area contributed by atoms with E-state index in [2.05, 4.69) is 10.6 Å². The molecule has 144 valence electrons. The van der Waals surface area contributed by atoms with Crippen LogP contribution in [0.15, 0.2) is 42.5 Å². The molecule has 7 nitrogen and oxygen atoms in total. The summed E-state index contributed by atoms with van der Waals surface area (Å²) < 4.78 is 25.4. The molecule has 0 heterocycles. The Morgan fingerprint density at radius 3 is 2.15 bits per heavy atom. The predicted molar refractivity (Wildman–Crippen MR) is 107 cm³/mol. The van der Waals surface area contributed by atoms with Gasteiger partial charge in [-0.1, -0.05) is 12.1 Å². The molecule has 0 fully saturated rings. The average molecular weight is 389 g/mol. The topological polar surface area (TPSA) is 95.6 Å². The maximum atomic E-state index is 12.4. The number of nitrogens with zero attached hydrogens (tertiary/aromatic N) is 1. The van der Waals surface area contributed by atoms with Gasteiger partial charge in [0.2, 0.25) is 21.8 Å². The van der Waals surface area contributed by atoms with E-state index in [0.29, 0.717) is 17.1 Å². The zero-order valence-corrected chi connectivity index (χ0v) is 16.6. The van der Waals surface area contributed by atoms with Crippen molar-refractivity contribution in [1.82, 2.24) is 0 Å². The van der Waals surface area contributed by atoms with Crippen LogP contribution in [0.2, 0.25) is 0 Å². The van der Waals surface area contributed by atoms with E-state index in [-0.39, 0.29) is 12.5 Å². The first-order chi connectivity index (χ1) is 12.6. The van der Waals surface area contributed by atoms with Crippen LogP contribution in [0.5, 0.6) is 0 Å². The fourth-order valence-corrected chi connectivity index (χ4v) is 3.34. The number of rotatable bonds is 6. The van der Waals surface area contributed by atoms with Gasteiger partial charge < -0.3 is 10.6 Å². The summed E-state index contributed by atoms with van der Waals surface area (Å²) in [4.78, 5) is 23.6. The Labute approximate surface area is 159 Å². The largest absolute Gasteiger partial charge is 0.326 e. The fourth-order valence-electron chi connectivity index (χ4n) is 2.49. The number of hydrogen-bond acceptors (Lipinski definition) is 4. The molecule has 0 aliphatic carbocycles. The monoisotopic (exact) mass is 389 g/mol. The van der Waals surface area contributed by atoms with Gasteiger partial charge in [0.1, 0.15) is 6.54 Å². The average Bonchev–Trinajstić information content (AvgIpc) is 2.54. The van der Waals surface area contributed by atoms with E-state index in [1.165, 1.54) is 6.92 Å². The summed E-state index contributed by atoms with van der Waals surface area (Å²) >= 11 is 0. The number of carbonyl (C=O) groups excluding carboxylic acids is 2. The van der Waals surface area contributed by atoms with Gasteiger partial charge in [0.25, 0.3) is 0 Å². The summed E-state index contributed by atoms with van der Waals surface area (Å²) in [5, 5.41) is 5.28. The van der Waals surface area contributed by atoms with Crippen LogP contribution in [0.4, 0.5) is 17.1 Å². The van der Waals surface area contributed by atoms with Crippen molar-refractivity contribution in [3.8, 4) is 0 Å². The molecule has 0 aliphatic heterocycles. The van der Waals surface area contributed by atoms with Gasteiger partial charge in [-0.25, -0.2) is 8.42 Å². The van der Waals surface area contributed by atoms with Crippen molar-refractivity contribution in [2.45, 2.75) is 20.8 Å². The van der Waals surface area contributed by atoms with Crippen molar-refractivity contribution in [2.24, 2.45) is 0 Å². The van der Waals surface area contributed by atoms with E-state index in [0.717, 1.165) is 21.7 Å². The van der Waals surface area contributed by atoms with E-state index >= 15 is 0 Å². The third kappa shape index (κ3) is 5.82. The molecule has 27 heavy (non-hydrogen) atoms. The summed E-state index contributed by atoms with van der Waals surface area (Å²) in [6.45, 7) is 4.84. The number of anilines is 3.